The number of aryl methyl sites for hydroxylation is 1. The van der Waals surface area contributed by atoms with E-state index < -0.39 is 0 Å². The van der Waals surface area contributed by atoms with Crippen molar-refractivity contribution in [2.75, 3.05) is 44.2 Å². The van der Waals surface area contributed by atoms with E-state index in [-0.39, 0.29) is 36.5 Å². The molecule has 1 fully saturated rings. The van der Waals surface area contributed by atoms with Crippen LogP contribution in [-0.4, -0.2) is 71.0 Å². The van der Waals surface area contributed by atoms with Crippen LogP contribution in [0.15, 0.2) is 17.4 Å². The van der Waals surface area contributed by atoms with E-state index in [0.29, 0.717) is 31.5 Å². The molecule has 1 aromatic heterocycles. The van der Waals surface area contributed by atoms with Crippen LogP contribution in [0.1, 0.15) is 33.6 Å². The van der Waals surface area contributed by atoms with Gasteiger partial charge in [-0.15, -0.1) is 24.0 Å². The maximum absolute atomic E-state index is 12.6. The summed E-state index contributed by atoms with van der Waals surface area (Å²) in [5.74, 6) is 1.76. The summed E-state index contributed by atoms with van der Waals surface area (Å²) in [5.41, 5.74) is 0.837. The lowest BCUT2D eigenvalue weighted by Gasteiger charge is -2.35. The number of nitrogens with zero attached hydrogens (tertiary/aromatic N) is 5. The third-order valence-electron chi connectivity index (χ3n) is 4.70. The molecule has 0 aromatic carbocycles. The number of hydrogen-bond donors (Lipinski definition) is 2. The van der Waals surface area contributed by atoms with E-state index in [0.717, 1.165) is 37.6 Å². The summed E-state index contributed by atoms with van der Waals surface area (Å²) in [6.07, 6.45) is 5.38. The van der Waals surface area contributed by atoms with Gasteiger partial charge in [-0.25, -0.2) is 0 Å². The van der Waals surface area contributed by atoms with Gasteiger partial charge in [0.05, 0.1) is 11.9 Å². The van der Waals surface area contributed by atoms with Gasteiger partial charge in [0.2, 0.25) is 5.91 Å². The zero-order valence-corrected chi connectivity index (χ0v) is 19.8. The Morgan fingerprint density at radius 2 is 2.14 bits per heavy atom. The first-order valence-corrected chi connectivity index (χ1v) is 9.87. The van der Waals surface area contributed by atoms with Crippen LogP contribution >= 0.6 is 24.0 Å². The van der Waals surface area contributed by atoms with E-state index >= 15 is 0 Å². The topological polar surface area (TPSA) is 86.0 Å². The van der Waals surface area contributed by atoms with Gasteiger partial charge in [0, 0.05) is 46.0 Å². The van der Waals surface area contributed by atoms with Crippen molar-refractivity contribution < 1.29 is 9.90 Å². The van der Waals surface area contributed by atoms with Gasteiger partial charge in [0.25, 0.3) is 0 Å². The third kappa shape index (κ3) is 7.23. The van der Waals surface area contributed by atoms with Gasteiger partial charge in [0.15, 0.2) is 5.96 Å². The molecule has 1 atom stereocenters. The van der Waals surface area contributed by atoms with Crippen molar-refractivity contribution in [1.82, 2.24) is 20.0 Å². The first kappa shape index (κ1) is 24.7. The van der Waals surface area contributed by atoms with Crippen LogP contribution in [0.4, 0.5) is 5.69 Å². The molecule has 8 nitrogen and oxygen atoms in total. The van der Waals surface area contributed by atoms with E-state index in [1.54, 1.807) is 15.8 Å². The highest BCUT2D eigenvalue weighted by atomic mass is 127. The Hall–Kier alpha value is -1.36. The van der Waals surface area contributed by atoms with Gasteiger partial charge in [-0.3, -0.25) is 14.5 Å². The highest BCUT2D eigenvalue weighted by molar-refractivity contribution is 14.0. The van der Waals surface area contributed by atoms with E-state index in [2.05, 4.69) is 24.3 Å². The number of nitrogens with one attached hydrogen (secondary N) is 1. The largest absolute Gasteiger partial charge is 0.396 e. The number of aliphatic imine (C=N–C) groups is 1. The number of guanidine groups is 1. The van der Waals surface area contributed by atoms with Crippen LogP contribution in [0.2, 0.25) is 0 Å². The molecule has 1 aliphatic heterocycles. The van der Waals surface area contributed by atoms with Crippen molar-refractivity contribution >= 4 is 41.5 Å². The lowest BCUT2D eigenvalue weighted by atomic mass is 9.94. The first-order valence-electron chi connectivity index (χ1n) is 9.87. The average molecular weight is 506 g/mol. The second kappa shape index (κ2) is 12.3. The molecule has 2 N–H and O–H groups in total. The van der Waals surface area contributed by atoms with Crippen molar-refractivity contribution in [2.24, 2.45) is 23.9 Å². The lowest BCUT2D eigenvalue weighted by Crippen LogP contribution is -2.55. The maximum Gasteiger partial charge on any atom is 0.246 e. The number of rotatable bonds is 8. The maximum atomic E-state index is 12.6. The third-order valence-corrected chi connectivity index (χ3v) is 4.70. The van der Waals surface area contributed by atoms with Gasteiger partial charge < -0.3 is 20.2 Å². The fraction of sp³-hybridized carbons (Fsp3) is 0.737. The Morgan fingerprint density at radius 1 is 1.39 bits per heavy atom. The number of piperazine rings is 1. The van der Waals surface area contributed by atoms with Crippen molar-refractivity contribution in [2.45, 2.75) is 33.6 Å². The number of hydrogen-bond acceptors (Lipinski definition) is 4. The number of aliphatic hydroxyl groups excluding tert-OH is 1. The second-order valence-corrected chi connectivity index (χ2v) is 7.54. The molecule has 1 aromatic rings. The molecule has 2 heterocycles. The highest BCUT2D eigenvalue weighted by Gasteiger charge is 2.27. The molecule has 160 valence electrons. The van der Waals surface area contributed by atoms with Crippen LogP contribution in [0.3, 0.4) is 0 Å². The zero-order valence-electron chi connectivity index (χ0n) is 17.5. The van der Waals surface area contributed by atoms with Gasteiger partial charge in [-0.1, -0.05) is 13.8 Å². The van der Waals surface area contributed by atoms with Crippen LogP contribution < -0.4 is 10.2 Å². The van der Waals surface area contributed by atoms with Gasteiger partial charge in [-0.2, -0.15) is 5.10 Å². The van der Waals surface area contributed by atoms with Gasteiger partial charge in [0.1, 0.15) is 6.54 Å². The van der Waals surface area contributed by atoms with Gasteiger partial charge >= 0.3 is 0 Å². The smallest absolute Gasteiger partial charge is 0.246 e. The van der Waals surface area contributed by atoms with Crippen molar-refractivity contribution in [1.29, 1.82) is 0 Å². The molecule has 1 aliphatic rings. The predicted octanol–water partition coefficient (Wildman–Crippen LogP) is 1.70. The summed E-state index contributed by atoms with van der Waals surface area (Å²) in [6.45, 7) is 9.65. The molecular formula is C19H35IN6O2. The fourth-order valence-corrected chi connectivity index (χ4v) is 3.45. The standard InChI is InChI=1S/C19H34N6O2.HI/c1-5-20-19(21-11-16(6-9-26)10-15(2)3)24-7-8-25(18(27)14-24)17-12-22-23(4)13-17;/h12-13,15-16,26H,5-11,14H2,1-4H3,(H,20,21);1H. The molecule has 0 bridgehead atoms. The lowest BCUT2D eigenvalue weighted by molar-refractivity contribution is -0.120. The summed E-state index contributed by atoms with van der Waals surface area (Å²) in [7, 11) is 1.85. The number of anilines is 1. The highest BCUT2D eigenvalue weighted by Crippen LogP contribution is 2.18. The summed E-state index contributed by atoms with van der Waals surface area (Å²) < 4.78 is 1.70. The summed E-state index contributed by atoms with van der Waals surface area (Å²) in [4.78, 5) is 21.2. The number of aromatic nitrogens is 2. The SMILES string of the molecule is CCNC(=NCC(CCO)CC(C)C)N1CCN(c2cnn(C)c2)C(=O)C1.I. The molecular weight excluding hydrogens is 471 g/mol. The Labute approximate surface area is 185 Å². The molecule has 1 saturated heterocycles. The van der Waals surface area contributed by atoms with Crippen molar-refractivity contribution in [3.8, 4) is 0 Å². The molecule has 0 aliphatic carbocycles. The molecule has 9 heteroatoms. The normalized spacial score (nSPS) is 16.4. The van der Waals surface area contributed by atoms with Gasteiger partial charge in [-0.05, 0) is 31.6 Å². The Kier molecular flexibility index (Phi) is 10.8. The van der Waals surface area contributed by atoms with Crippen LogP contribution in [-0.2, 0) is 11.8 Å². The quantitative estimate of drug-likeness (QED) is 0.319. The van der Waals surface area contributed by atoms with Crippen LogP contribution in [0.25, 0.3) is 0 Å². The Morgan fingerprint density at radius 3 is 2.68 bits per heavy atom. The molecule has 2 rings (SSSR count). The van der Waals surface area contributed by atoms with E-state index in [9.17, 15) is 9.90 Å². The predicted molar refractivity (Wildman–Crippen MR) is 123 cm³/mol. The Bertz CT molecular complexity index is 634. The number of aliphatic hydroxyl groups is 1. The molecule has 0 saturated carbocycles. The fourth-order valence-electron chi connectivity index (χ4n) is 3.45. The minimum absolute atomic E-state index is 0. The van der Waals surface area contributed by atoms with Crippen molar-refractivity contribution in [3.63, 3.8) is 0 Å². The van der Waals surface area contributed by atoms with Crippen LogP contribution in [0, 0.1) is 11.8 Å². The first-order chi connectivity index (χ1) is 12.9. The van der Waals surface area contributed by atoms with E-state index in [4.69, 9.17) is 4.99 Å². The Balaban J connectivity index is 0.00000392. The molecule has 0 spiro atoms. The number of carbonyl (C=O) groups excluding carboxylic acids is 1. The minimum atomic E-state index is 0. The monoisotopic (exact) mass is 506 g/mol. The summed E-state index contributed by atoms with van der Waals surface area (Å²) in [6, 6.07) is 0. The minimum Gasteiger partial charge on any atom is -0.396 e. The molecule has 0 radical (unpaired) electrons. The molecule has 1 unspecified atom stereocenters. The molecule has 1 amide bonds. The molecule has 28 heavy (non-hydrogen) atoms. The zero-order chi connectivity index (χ0) is 19.8. The van der Waals surface area contributed by atoms with Crippen LogP contribution in [0.5, 0.6) is 0 Å². The average Bonchev–Trinajstić information content (AvgIpc) is 3.04. The summed E-state index contributed by atoms with van der Waals surface area (Å²) >= 11 is 0. The van der Waals surface area contributed by atoms with E-state index in [1.807, 2.05) is 25.1 Å². The van der Waals surface area contributed by atoms with Crippen molar-refractivity contribution in [3.05, 3.63) is 12.4 Å². The number of amides is 1. The van der Waals surface area contributed by atoms with E-state index in [1.165, 1.54) is 0 Å². The number of halogens is 1. The summed E-state index contributed by atoms with van der Waals surface area (Å²) in [5, 5.41) is 16.8. The second-order valence-electron chi connectivity index (χ2n) is 7.54. The number of carbonyl (C=O) groups is 1.